The number of carbonyl (C=O) groups excluding carboxylic acids is 1. The Morgan fingerprint density at radius 2 is 1.88 bits per heavy atom. The summed E-state index contributed by atoms with van der Waals surface area (Å²) in [7, 11) is 1.89. The number of likely N-dealkylation sites (N-methyl/N-ethyl adjacent to an activating group) is 1. The summed E-state index contributed by atoms with van der Waals surface area (Å²) in [4.78, 5) is 21.7. The number of aliphatic imine (C=N–C) groups is 1. The van der Waals surface area contributed by atoms with Crippen molar-refractivity contribution < 1.29 is 22.7 Å². The van der Waals surface area contributed by atoms with Crippen molar-refractivity contribution >= 4 is 24.1 Å². The average Bonchev–Trinajstić information content (AvgIpc) is 3.28. The molecule has 0 unspecified atom stereocenters. The zero-order chi connectivity index (χ0) is 28.5. The molecule has 1 aliphatic heterocycles. The molecule has 40 heavy (non-hydrogen) atoms. The standard InChI is InChI=1S/C27H29F3N8O2/c1-17(39)35-24-25(31-2)15-38(16-26(24,25)32-3)20-7-4-18(5-8-20)12-34-22-10-11-23(37-36-22)40-14-19-6-9-21(33-13-19)27(28,29)30/h4-11,13,24,32H,2,12,14-16H2,1,3H3,(H,34,36)(H,35,39)/t24-,25+,26-/m0/s1. The third-order valence-corrected chi connectivity index (χ3v) is 7.52. The average molecular weight is 555 g/mol. The minimum absolute atomic E-state index is 0.0171. The van der Waals surface area contributed by atoms with E-state index in [0.29, 0.717) is 31.0 Å². The number of ether oxygens (including phenoxy) is 1. The Balaban J connectivity index is 1.12. The molecule has 10 nitrogen and oxygen atoms in total. The van der Waals surface area contributed by atoms with Crippen molar-refractivity contribution in [1.29, 1.82) is 0 Å². The number of anilines is 2. The van der Waals surface area contributed by atoms with Crippen LogP contribution in [0.15, 0.2) is 59.7 Å². The Kier molecular flexibility index (Phi) is 7.08. The first-order valence-electron chi connectivity index (χ1n) is 12.6. The molecule has 13 heteroatoms. The Morgan fingerprint density at radius 3 is 2.42 bits per heavy atom. The summed E-state index contributed by atoms with van der Waals surface area (Å²) in [5, 5.41) is 17.7. The largest absolute Gasteiger partial charge is 0.472 e. The van der Waals surface area contributed by atoms with Crippen LogP contribution in [-0.2, 0) is 24.1 Å². The quantitative estimate of drug-likeness (QED) is 0.328. The molecule has 1 aromatic carbocycles. The number of alkyl halides is 3. The number of carbonyl (C=O) groups is 1. The molecule has 0 bridgehead atoms. The van der Waals surface area contributed by atoms with Gasteiger partial charge in [0.25, 0.3) is 0 Å². The highest BCUT2D eigenvalue weighted by molar-refractivity contribution is 5.76. The SMILES string of the molecule is C=N[C@@]12CN(c3ccc(CNc4ccc(OCc5ccc(C(F)(F)F)nc5)nn4)cc3)C[C@]1(NC)[C@H]2NC(C)=O. The number of hydrogen-bond donors (Lipinski definition) is 3. The molecule has 1 aliphatic carbocycles. The van der Waals surface area contributed by atoms with Crippen LogP contribution in [0.5, 0.6) is 5.88 Å². The van der Waals surface area contributed by atoms with Crippen LogP contribution in [0.1, 0.15) is 23.7 Å². The number of amides is 1. The number of nitrogens with one attached hydrogen (secondary N) is 3. The van der Waals surface area contributed by atoms with Crippen molar-refractivity contribution in [3.05, 3.63) is 71.5 Å². The van der Waals surface area contributed by atoms with Crippen LogP contribution in [-0.4, -0.2) is 65.1 Å². The summed E-state index contributed by atoms with van der Waals surface area (Å²) in [5.74, 6) is 0.708. The highest BCUT2D eigenvalue weighted by atomic mass is 19.4. The van der Waals surface area contributed by atoms with Crippen LogP contribution in [0, 0.1) is 0 Å². The van der Waals surface area contributed by atoms with Crippen LogP contribution in [0.4, 0.5) is 24.7 Å². The molecule has 2 fully saturated rings. The maximum absolute atomic E-state index is 12.6. The molecule has 0 radical (unpaired) electrons. The molecule has 3 aromatic rings. The maximum atomic E-state index is 12.6. The fraction of sp³-hybridized carbons (Fsp3) is 0.370. The van der Waals surface area contributed by atoms with Gasteiger partial charge < -0.3 is 25.6 Å². The normalized spacial score (nSPS) is 23.3. The second-order valence-corrected chi connectivity index (χ2v) is 9.91. The number of pyridine rings is 1. The van der Waals surface area contributed by atoms with Gasteiger partial charge in [-0.25, -0.2) is 0 Å². The minimum Gasteiger partial charge on any atom is -0.472 e. The third kappa shape index (κ3) is 5.04. The van der Waals surface area contributed by atoms with Crippen molar-refractivity contribution in [3.63, 3.8) is 0 Å². The molecule has 3 heterocycles. The first-order chi connectivity index (χ1) is 19.1. The number of hydrogen-bond acceptors (Lipinski definition) is 9. The van der Waals surface area contributed by atoms with E-state index in [4.69, 9.17) is 4.74 Å². The van der Waals surface area contributed by atoms with E-state index in [0.717, 1.165) is 23.5 Å². The monoisotopic (exact) mass is 554 g/mol. The number of halogens is 3. The molecule has 1 saturated carbocycles. The van der Waals surface area contributed by atoms with Crippen molar-refractivity contribution in [2.75, 3.05) is 30.4 Å². The molecular weight excluding hydrogens is 525 g/mol. The van der Waals surface area contributed by atoms with Gasteiger partial charge in [-0.1, -0.05) is 18.2 Å². The van der Waals surface area contributed by atoms with Gasteiger partial charge in [-0.15, -0.1) is 10.2 Å². The Morgan fingerprint density at radius 1 is 1.12 bits per heavy atom. The van der Waals surface area contributed by atoms with Gasteiger partial charge in [0.1, 0.15) is 23.7 Å². The first-order valence-corrected chi connectivity index (χ1v) is 12.6. The first kappa shape index (κ1) is 27.3. The molecule has 210 valence electrons. The summed E-state index contributed by atoms with van der Waals surface area (Å²) in [5.41, 5.74) is 0.823. The molecule has 3 atom stereocenters. The third-order valence-electron chi connectivity index (χ3n) is 7.52. The molecule has 0 spiro atoms. The fourth-order valence-electron chi connectivity index (χ4n) is 5.39. The van der Waals surface area contributed by atoms with E-state index in [-0.39, 0.29) is 30.0 Å². The number of aromatic nitrogens is 3. The topological polar surface area (TPSA) is 117 Å². The van der Waals surface area contributed by atoms with Gasteiger partial charge in [0.15, 0.2) is 0 Å². The summed E-state index contributed by atoms with van der Waals surface area (Å²) >= 11 is 0. The Labute approximate surface area is 229 Å². The highest BCUT2D eigenvalue weighted by Crippen LogP contribution is 2.56. The van der Waals surface area contributed by atoms with Gasteiger partial charge in [-0.2, -0.15) is 13.2 Å². The fourth-order valence-corrected chi connectivity index (χ4v) is 5.39. The zero-order valence-electron chi connectivity index (χ0n) is 22.0. The van der Waals surface area contributed by atoms with Crippen molar-refractivity contribution in [3.8, 4) is 5.88 Å². The molecule has 5 rings (SSSR count). The minimum atomic E-state index is -4.48. The lowest BCUT2D eigenvalue weighted by Crippen LogP contribution is -2.45. The lowest BCUT2D eigenvalue weighted by molar-refractivity contribution is -0.141. The number of rotatable bonds is 10. The van der Waals surface area contributed by atoms with Gasteiger partial charge in [0.2, 0.25) is 11.8 Å². The molecule has 1 saturated heterocycles. The summed E-state index contributed by atoms with van der Waals surface area (Å²) in [6, 6.07) is 13.6. The Hall–Kier alpha value is -4.26. The van der Waals surface area contributed by atoms with Crippen LogP contribution in [0.3, 0.4) is 0 Å². The molecule has 1 amide bonds. The van der Waals surface area contributed by atoms with E-state index in [1.807, 2.05) is 31.3 Å². The summed E-state index contributed by atoms with van der Waals surface area (Å²) < 4.78 is 43.4. The number of fused-ring (bicyclic) bond motifs is 1. The van der Waals surface area contributed by atoms with Gasteiger partial charge in [-0.05, 0) is 43.6 Å². The van der Waals surface area contributed by atoms with Gasteiger partial charge in [-0.3, -0.25) is 14.8 Å². The van der Waals surface area contributed by atoms with E-state index in [2.05, 4.69) is 47.7 Å². The van der Waals surface area contributed by atoms with Crippen LogP contribution < -0.4 is 25.6 Å². The van der Waals surface area contributed by atoms with Gasteiger partial charge in [0.05, 0.1) is 11.6 Å². The number of piperidine rings is 1. The van der Waals surface area contributed by atoms with Crippen molar-refractivity contribution in [1.82, 2.24) is 25.8 Å². The second kappa shape index (κ2) is 10.4. The summed E-state index contributed by atoms with van der Waals surface area (Å²) in [6.07, 6.45) is -3.36. The highest BCUT2D eigenvalue weighted by Gasteiger charge is 2.81. The molecule has 3 N–H and O–H groups in total. The maximum Gasteiger partial charge on any atom is 0.433 e. The van der Waals surface area contributed by atoms with Crippen LogP contribution >= 0.6 is 0 Å². The van der Waals surface area contributed by atoms with Crippen LogP contribution in [0.25, 0.3) is 0 Å². The molecular formula is C27H29F3N8O2. The predicted octanol–water partition coefficient (Wildman–Crippen LogP) is 2.82. The van der Waals surface area contributed by atoms with Crippen LogP contribution in [0.2, 0.25) is 0 Å². The zero-order valence-corrected chi connectivity index (χ0v) is 22.0. The lowest BCUT2D eigenvalue weighted by Gasteiger charge is -2.26. The summed E-state index contributed by atoms with van der Waals surface area (Å²) in [6.45, 7) is 7.21. The van der Waals surface area contributed by atoms with E-state index < -0.39 is 17.4 Å². The van der Waals surface area contributed by atoms with Crippen molar-refractivity contribution in [2.24, 2.45) is 4.99 Å². The van der Waals surface area contributed by atoms with E-state index in [9.17, 15) is 18.0 Å². The Bertz CT molecular complexity index is 1370. The lowest BCUT2D eigenvalue weighted by atomic mass is 10.2. The second-order valence-electron chi connectivity index (χ2n) is 9.91. The molecule has 2 aliphatic rings. The number of benzene rings is 1. The van der Waals surface area contributed by atoms with Gasteiger partial charge >= 0.3 is 6.18 Å². The smallest absolute Gasteiger partial charge is 0.433 e. The van der Waals surface area contributed by atoms with Gasteiger partial charge in [0, 0.05) is 50.1 Å². The van der Waals surface area contributed by atoms with E-state index in [1.165, 1.54) is 13.0 Å². The number of nitrogens with zero attached hydrogens (tertiary/aromatic N) is 5. The molecule has 2 aromatic heterocycles. The van der Waals surface area contributed by atoms with Crippen molar-refractivity contribution in [2.45, 2.75) is 43.4 Å². The van der Waals surface area contributed by atoms with E-state index in [1.54, 1.807) is 12.1 Å². The van der Waals surface area contributed by atoms with E-state index >= 15 is 0 Å². The predicted molar refractivity (Wildman–Crippen MR) is 143 cm³/mol.